The monoisotopic (exact) mass is 339 g/mol. The van der Waals surface area contributed by atoms with Gasteiger partial charge in [0.1, 0.15) is 0 Å². The Morgan fingerprint density at radius 3 is 3.00 bits per heavy atom. The second-order valence-corrected chi connectivity index (χ2v) is 7.72. The van der Waals surface area contributed by atoms with Crippen molar-refractivity contribution < 1.29 is 4.79 Å². The number of piperidine rings is 1. The first kappa shape index (κ1) is 16.6. The van der Waals surface area contributed by atoms with Crippen LogP contribution in [-0.4, -0.2) is 46.4 Å². The number of hydrogen-bond donors (Lipinski definition) is 1. The van der Waals surface area contributed by atoms with Gasteiger partial charge in [-0.1, -0.05) is 25.0 Å². The van der Waals surface area contributed by atoms with Gasteiger partial charge in [0.05, 0.1) is 6.54 Å². The van der Waals surface area contributed by atoms with Crippen LogP contribution in [0.1, 0.15) is 49.4 Å². The van der Waals surface area contributed by atoms with Crippen LogP contribution in [0, 0.1) is 6.92 Å². The number of aromatic nitrogens is 1. The van der Waals surface area contributed by atoms with Gasteiger partial charge >= 0.3 is 0 Å². The van der Waals surface area contributed by atoms with Gasteiger partial charge in [0.25, 0.3) is 0 Å². The highest BCUT2D eigenvalue weighted by molar-refractivity contribution is 5.87. The molecular weight excluding hydrogens is 310 g/mol. The third-order valence-corrected chi connectivity index (χ3v) is 6.04. The van der Waals surface area contributed by atoms with E-state index >= 15 is 0 Å². The minimum Gasteiger partial charge on any atom is -0.358 e. The molecule has 1 aromatic carbocycles. The summed E-state index contributed by atoms with van der Waals surface area (Å²) >= 11 is 0. The number of carbonyl (C=O) groups excluding carboxylic acids is 1. The van der Waals surface area contributed by atoms with E-state index < -0.39 is 0 Å². The number of nitrogens with one attached hydrogen (secondary N) is 1. The minimum absolute atomic E-state index is 0.299. The third-order valence-electron chi connectivity index (χ3n) is 6.04. The number of carbonyl (C=O) groups is 1. The molecule has 1 atom stereocenters. The van der Waals surface area contributed by atoms with Gasteiger partial charge < -0.3 is 9.88 Å². The number of aryl methyl sites for hydroxylation is 1. The molecule has 0 saturated carbocycles. The molecule has 134 valence electrons. The van der Waals surface area contributed by atoms with Gasteiger partial charge in [-0.2, -0.15) is 0 Å². The molecular formula is C21H29N3O. The molecule has 2 aromatic rings. The molecule has 25 heavy (non-hydrogen) atoms. The third kappa shape index (κ3) is 3.20. The SMILES string of the molecule is CCC1CCCCN1CC(=O)N1CCc2[nH]c3ccc(C)cc3c2C1. The van der Waals surface area contributed by atoms with Gasteiger partial charge in [-0.15, -0.1) is 0 Å². The Balaban J connectivity index is 1.50. The first-order valence-corrected chi connectivity index (χ1v) is 9.77. The molecule has 0 aliphatic carbocycles. The smallest absolute Gasteiger partial charge is 0.237 e. The highest BCUT2D eigenvalue weighted by Crippen LogP contribution is 2.29. The second-order valence-electron chi connectivity index (χ2n) is 7.72. The van der Waals surface area contributed by atoms with E-state index in [-0.39, 0.29) is 0 Å². The Labute approximate surface area is 150 Å². The van der Waals surface area contributed by atoms with Crippen LogP contribution in [0.2, 0.25) is 0 Å². The molecule has 0 radical (unpaired) electrons. The van der Waals surface area contributed by atoms with E-state index in [1.54, 1.807) is 0 Å². The Morgan fingerprint density at radius 1 is 1.28 bits per heavy atom. The molecule has 2 aliphatic rings. The lowest BCUT2D eigenvalue weighted by Gasteiger charge is -2.36. The normalized spacial score (nSPS) is 21.5. The number of H-pyrrole nitrogens is 1. The highest BCUT2D eigenvalue weighted by atomic mass is 16.2. The van der Waals surface area contributed by atoms with Gasteiger partial charge in [0.2, 0.25) is 5.91 Å². The predicted octanol–water partition coefficient (Wildman–Crippen LogP) is 3.63. The average molecular weight is 339 g/mol. The lowest BCUT2D eigenvalue weighted by Crippen LogP contribution is -2.47. The van der Waals surface area contributed by atoms with Gasteiger partial charge in [0, 0.05) is 47.7 Å². The van der Waals surface area contributed by atoms with Crippen molar-refractivity contribution in [3.8, 4) is 0 Å². The standard InChI is InChI=1S/C21H29N3O/c1-3-16-6-4-5-10-23(16)14-21(25)24-11-9-20-18(13-24)17-12-15(2)7-8-19(17)22-20/h7-8,12,16,22H,3-6,9-11,13-14H2,1-2H3. The van der Waals surface area contributed by atoms with E-state index in [2.05, 4.69) is 46.8 Å². The Morgan fingerprint density at radius 2 is 2.16 bits per heavy atom. The largest absolute Gasteiger partial charge is 0.358 e. The van der Waals surface area contributed by atoms with Gasteiger partial charge in [-0.25, -0.2) is 0 Å². The maximum atomic E-state index is 12.9. The Bertz CT molecular complexity index is 779. The maximum Gasteiger partial charge on any atom is 0.237 e. The number of fused-ring (bicyclic) bond motifs is 3. The zero-order chi connectivity index (χ0) is 17.4. The van der Waals surface area contributed by atoms with Crippen molar-refractivity contribution in [2.75, 3.05) is 19.6 Å². The summed E-state index contributed by atoms with van der Waals surface area (Å²) in [6, 6.07) is 7.15. The number of benzene rings is 1. The van der Waals surface area contributed by atoms with Crippen LogP contribution < -0.4 is 0 Å². The van der Waals surface area contributed by atoms with Crippen LogP contribution in [0.25, 0.3) is 10.9 Å². The van der Waals surface area contributed by atoms with Crippen LogP contribution in [0.5, 0.6) is 0 Å². The summed E-state index contributed by atoms with van der Waals surface area (Å²) in [4.78, 5) is 21.0. The van der Waals surface area contributed by atoms with Crippen LogP contribution >= 0.6 is 0 Å². The zero-order valence-corrected chi connectivity index (χ0v) is 15.5. The van der Waals surface area contributed by atoms with Gasteiger partial charge in [-0.05, 0) is 44.9 Å². The summed E-state index contributed by atoms with van der Waals surface area (Å²) in [6.45, 7) is 7.64. The van der Waals surface area contributed by atoms with E-state index in [9.17, 15) is 4.79 Å². The summed E-state index contributed by atoms with van der Waals surface area (Å²) in [5.74, 6) is 0.299. The van der Waals surface area contributed by atoms with Gasteiger partial charge in [0.15, 0.2) is 0 Å². The molecule has 4 heteroatoms. The summed E-state index contributed by atoms with van der Waals surface area (Å²) < 4.78 is 0. The van der Waals surface area contributed by atoms with E-state index in [1.165, 1.54) is 47.0 Å². The highest BCUT2D eigenvalue weighted by Gasteiger charge is 2.28. The van der Waals surface area contributed by atoms with Crippen LogP contribution in [0.15, 0.2) is 18.2 Å². The quantitative estimate of drug-likeness (QED) is 0.927. The first-order valence-electron chi connectivity index (χ1n) is 9.77. The molecule has 1 unspecified atom stereocenters. The zero-order valence-electron chi connectivity index (χ0n) is 15.5. The molecule has 4 rings (SSSR count). The fourth-order valence-corrected chi connectivity index (χ4v) is 4.55. The van der Waals surface area contributed by atoms with Crippen molar-refractivity contribution in [3.05, 3.63) is 35.0 Å². The lowest BCUT2D eigenvalue weighted by atomic mass is 9.99. The number of amides is 1. The first-order chi connectivity index (χ1) is 12.2. The van der Waals surface area contributed by atoms with Crippen molar-refractivity contribution in [2.45, 2.75) is 58.5 Å². The lowest BCUT2D eigenvalue weighted by molar-refractivity contribution is -0.134. The van der Waals surface area contributed by atoms with Crippen molar-refractivity contribution in [3.63, 3.8) is 0 Å². The van der Waals surface area contributed by atoms with Crippen molar-refractivity contribution in [1.82, 2.24) is 14.8 Å². The molecule has 1 fully saturated rings. The number of nitrogens with zero attached hydrogens (tertiary/aromatic N) is 2. The van der Waals surface area contributed by atoms with E-state index in [0.717, 1.165) is 32.5 Å². The molecule has 2 aliphatic heterocycles. The summed E-state index contributed by atoms with van der Waals surface area (Å²) in [5, 5.41) is 1.29. The Kier molecular flexibility index (Phi) is 4.55. The predicted molar refractivity (Wildman–Crippen MR) is 102 cm³/mol. The molecule has 1 amide bonds. The van der Waals surface area contributed by atoms with Gasteiger partial charge in [-0.3, -0.25) is 9.69 Å². The number of likely N-dealkylation sites (tertiary alicyclic amines) is 1. The number of rotatable bonds is 3. The number of hydrogen-bond acceptors (Lipinski definition) is 2. The molecule has 3 heterocycles. The van der Waals surface area contributed by atoms with Crippen molar-refractivity contribution in [1.29, 1.82) is 0 Å². The molecule has 1 N–H and O–H groups in total. The summed E-state index contributed by atoms with van der Waals surface area (Å²) in [5.41, 5.74) is 5.11. The second kappa shape index (κ2) is 6.83. The summed E-state index contributed by atoms with van der Waals surface area (Å²) in [7, 11) is 0. The van der Waals surface area contributed by atoms with Crippen molar-refractivity contribution in [2.24, 2.45) is 0 Å². The molecule has 1 aromatic heterocycles. The van der Waals surface area contributed by atoms with E-state index in [1.807, 2.05) is 0 Å². The van der Waals surface area contributed by atoms with Crippen LogP contribution in [-0.2, 0) is 17.8 Å². The fourth-order valence-electron chi connectivity index (χ4n) is 4.55. The number of aromatic amines is 1. The average Bonchev–Trinajstić information content (AvgIpc) is 2.99. The van der Waals surface area contributed by atoms with Crippen LogP contribution in [0.3, 0.4) is 0 Å². The molecule has 4 nitrogen and oxygen atoms in total. The Hall–Kier alpha value is -1.81. The minimum atomic E-state index is 0.299. The maximum absolute atomic E-state index is 12.9. The van der Waals surface area contributed by atoms with Crippen LogP contribution in [0.4, 0.5) is 0 Å². The van der Waals surface area contributed by atoms with Crippen molar-refractivity contribution >= 4 is 16.8 Å². The van der Waals surface area contributed by atoms with E-state index in [0.29, 0.717) is 18.5 Å². The molecule has 0 spiro atoms. The fraction of sp³-hybridized carbons (Fsp3) is 0.571. The summed E-state index contributed by atoms with van der Waals surface area (Å²) in [6.07, 6.45) is 5.88. The topological polar surface area (TPSA) is 39.3 Å². The molecule has 0 bridgehead atoms. The van der Waals surface area contributed by atoms with E-state index in [4.69, 9.17) is 0 Å². The molecule has 1 saturated heterocycles.